The van der Waals surface area contributed by atoms with Crippen molar-refractivity contribution in [1.82, 2.24) is 0 Å². The van der Waals surface area contributed by atoms with Crippen molar-refractivity contribution in [2.45, 2.75) is 77.7 Å². The lowest BCUT2D eigenvalue weighted by Gasteiger charge is -2.32. The van der Waals surface area contributed by atoms with Crippen molar-refractivity contribution in [1.29, 1.82) is 0 Å². The summed E-state index contributed by atoms with van der Waals surface area (Å²) in [6.07, 6.45) is 8.79. The lowest BCUT2D eigenvalue weighted by Crippen LogP contribution is -2.41. The standard InChI is InChI=1S/C15H28O2/c1-4-15(5-2,17-6-3)14(16)12-13-10-8-7-9-11-13/h13H,4-12H2,1-3H3. The molecule has 0 bridgehead atoms. The van der Waals surface area contributed by atoms with Crippen LogP contribution in [0.1, 0.15) is 72.1 Å². The largest absolute Gasteiger partial charge is 0.368 e. The van der Waals surface area contributed by atoms with Crippen molar-refractivity contribution in [3.63, 3.8) is 0 Å². The summed E-state index contributed by atoms with van der Waals surface area (Å²) in [6.45, 7) is 6.75. The Hall–Kier alpha value is -0.370. The molecule has 0 saturated heterocycles. The molecule has 0 heterocycles. The highest BCUT2D eigenvalue weighted by atomic mass is 16.5. The monoisotopic (exact) mass is 240 g/mol. The molecule has 0 N–H and O–H groups in total. The van der Waals surface area contributed by atoms with Gasteiger partial charge in [-0.05, 0) is 25.7 Å². The van der Waals surface area contributed by atoms with Crippen molar-refractivity contribution in [3.05, 3.63) is 0 Å². The van der Waals surface area contributed by atoms with Crippen LogP contribution >= 0.6 is 0 Å². The minimum Gasteiger partial charge on any atom is -0.368 e. The van der Waals surface area contributed by atoms with Gasteiger partial charge >= 0.3 is 0 Å². The summed E-state index contributed by atoms with van der Waals surface area (Å²) in [4.78, 5) is 12.5. The second-order valence-corrected chi connectivity index (χ2v) is 5.27. The van der Waals surface area contributed by atoms with Crippen LogP contribution in [0.2, 0.25) is 0 Å². The van der Waals surface area contributed by atoms with Gasteiger partial charge in [0.2, 0.25) is 0 Å². The van der Waals surface area contributed by atoms with E-state index in [9.17, 15) is 4.79 Å². The quantitative estimate of drug-likeness (QED) is 0.669. The zero-order valence-corrected chi connectivity index (χ0v) is 11.8. The normalized spacial score (nSPS) is 18.3. The van der Waals surface area contributed by atoms with Gasteiger partial charge in [0.05, 0.1) is 0 Å². The first-order valence-corrected chi connectivity index (χ1v) is 7.35. The molecule has 0 atom stereocenters. The Morgan fingerprint density at radius 3 is 2.18 bits per heavy atom. The Balaban J connectivity index is 2.57. The van der Waals surface area contributed by atoms with E-state index in [1.165, 1.54) is 32.1 Å². The third kappa shape index (κ3) is 3.80. The van der Waals surface area contributed by atoms with Gasteiger partial charge in [-0.1, -0.05) is 46.0 Å². The molecule has 2 heteroatoms. The van der Waals surface area contributed by atoms with Gasteiger partial charge in [0, 0.05) is 13.0 Å². The molecule has 100 valence electrons. The first kappa shape index (κ1) is 14.7. The van der Waals surface area contributed by atoms with E-state index in [0.717, 1.165) is 19.3 Å². The molecule has 0 aromatic carbocycles. The maximum absolute atomic E-state index is 12.5. The van der Waals surface area contributed by atoms with Crippen LogP contribution in [0.15, 0.2) is 0 Å². The van der Waals surface area contributed by atoms with Gasteiger partial charge in [-0.15, -0.1) is 0 Å². The van der Waals surface area contributed by atoms with Crippen LogP contribution in [0, 0.1) is 5.92 Å². The Bertz CT molecular complexity index is 225. The topological polar surface area (TPSA) is 26.3 Å². The zero-order chi connectivity index (χ0) is 12.7. The fourth-order valence-corrected chi connectivity index (χ4v) is 3.04. The third-order valence-electron chi connectivity index (χ3n) is 4.27. The highest BCUT2D eigenvalue weighted by molar-refractivity contribution is 5.87. The van der Waals surface area contributed by atoms with Gasteiger partial charge in [0.25, 0.3) is 0 Å². The molecule has 2 nitrogen and oxygen atoms in total. The summed E-state index contributed by atoms with van der Waals surface area (Å²) in [5, 5.41) is 0. The van der Waals surface area contributed by atoms with Crippen molar-refractivity contribution in [3.8, 4) is 0 Å². The smallest absolute Gasteiger partial charge is 0.164 e. The average Bonchev–Trinajstić information content (AvgIpc) is 2.37. The summed E-state index contributed by atoms with van der Waals surface area (Å²) in [5.41, 5.74) is -0.494. The maximum Gasteiger partial charge on any atom is 0.164 e. The van der Waals surface area contributed by atoms with E-state index in [0.29, 0.717) is 18.3 Å². The van der Waals surface area contributed by atoms with Crippen LogP contribution < -0.4 is 0 Å². The predicted octanol–water partition coefficient (Wildman–Crippen LogP) is 4.12. The molecule has 17 heavy (non-hydrogen) atoms. The lowest BCUT2D eigenvalue weighted by atomic mass is 9.80. The molecule has 1 aliphatic rings. The lowest BCUT2D eigenvalue weighted by molar-refractivity contribution is -0.146. The average molecular weight is 240 g/mol. The summed E-state index contributed by atoms with van der Waals surface area (Å²) in [5.74, 6) is 0.963. The van der Waals surface area contributed by atoms with Crippen molar-refractivity contribution in [2.24, 2.45) is 5.92 Å². The molecule has 1 fully saturated rings. The van der Waals surface area contributed by atoms with Crippen LogP contribution in [-0.4, -0.2) is 18.0 Å². The molecule has 0 amide bonds. The van der Waals surface area contributed by atoms with Gasteiger partial charge < -0.3 is 4.74 Å². The molecule has 0 spiro atoms. The fraction of sp³-hybridized carbons (Fsp3) is 0.933. The van der Waals surface area contributed by atoms with E-state index >= 15 is 0 Å². The van der Waals surface area contributed by atoms with E-state index < -0.39 is 5.60 Å². The number of hydrogen-bond donors (Lipinski definition) is 0. The summed E-state index contributed by atoms with van der Waals surface area (Å²) < 4.78 is 5.78. The Labute approximate surface area is 106 Å². The highest BCUT2D eigenvalue weighted by Gasteiger charge is 2.36. The molecular weight excluding hydrogens is 212 g/mol. The minimum atomic E-state index is -0.494. The van der Waals surface area contributed by atoms with Crippen LogP contribution in [0.5, 0.6) is 0 Å². The van der Waals surface area contributed by atoms with Crippen LogP contribution in [0.4, 0.5) is 0 Å². The zero-order valence-electron chi connectivity index (χ0n) is 11.8. The van der Waals surface area contributed by atoms with Crippen LogP contribution in [0.3, 0.4) is 0 Å². The number of rotatable bonds is 7. The second kappa shape index (κ2) is 7.15. The van der Waals surface area contributed by atoms with Gasteiger partial charge in [-0.2, -0.15) is 0 Å². The summed E-state index contributed by atoms with van der Waals surface area (Å²) in [7, 11) is 0. The van der Waals surface area contributed by atoms with E-state index in [1.54, 1.807) is 0 Å². The van der Waals surface area contributed by atoms with Crippen molar-refractivity contribution < 1.29 is 9.53 Å². The van der Waals surface area contributed by atoms with Gasteiger partial charge in [0.15, 0.2) is 5.78 Å². The maximum atomic E-state index is 12.5. The van der Waals surface area contributed by atoms with Gasteiger partial charge in [0.1, 0.15) is 5.60 Å². The highest BCUT2D eigenvalue weighted by Crippen LogP contribution is 2.31. The van der Waals surface area contributed by atoms with Crippen LogP contribution in [-0.2, 0) is 9.53 Å². The SMILES string of the molecule is CCOC(CC)(CC)C(=O)CC1CCCCC1. The molecule has 0 aliphatic heterocycles. The molecule has 0 aromatic rings. The number of hydrogen-bond acceptors (Lipinski definition) is 2. The number of carbonyl (C=O) groups is 1. The summed E-state index contributed by atoms with van der Waals surface area (Å²) in [6, 6.07) is 0. The number of ketones is 1. The molecule has 0 aromatic heterocycles. The summed E-state index contributed by atoms with van der Waals surface area (Å²) >= 11 is 0. The van der Waals surface area contributed by atoms with Gasteiger partial charge in [-0.25, -0.2) is 0 Å². The Morgan fingerprint density at radius 2 is 1.71 bits per heavy atom. The fourth-order valence-electron chi connectivity index (χ4n) is 3.04. The van der Waals surface area contributed by atoms with Crippen molar-refractivity contribution >= 4 is 5.78 Å². The molecular formula is C15H28O2. The first-order valence-electron chi connectivity index (χ1n) is 7.35. The molecule has 1 saturated carbocycles. The molecule has 1 aliphatic carbocycles. The van der Waals surface area contributed by atoms with Crippen LogP contribution in [0.25, 0.3) is 0 Å². The van der Waals surface area contributed by atoms with Crippen molar-refractivity contribution in [2.75, 3.05) is 6.61 Å². The third-order valence-corrected chi connectivity index (χ3v) is 4.27. The Kier molecular flexibility index (Phi) is 6.18. The Morgan fingerprint density at radius 1 is 1.12 bits per heavy atom. The molecule has 0 unspecified atom stereocenters. The molecule has 1 rings (SSSR count). The molecule has 0 radical (unpaired) electrons. The number of ether oxygens (including phenoxy) is 1. The number of Topliss-reactive ketones (excluding diaryl/α,β-unsaturated/α-hetero) is 1. The van der Waals surface area contributed by atoms with Gasteiger partial charge in [-0.3, -0.25) is 4.79 Å². The van der Waals surface area contributed by atoms with E-state index in [2.05, 4.69) is 13.8 Å². The minimum absolute atomic E-state index is 0.344. The van der Waals surface area contributed by atoms with E-state index in [-0.39, 0.29) is 0 Å². The predicted molar refractivity (Wildman–Crippen MR) is 71.1 cm³/mol. The number of carbonyl (C=O) groups excluding carboxylic acids is 1. The van der Waals surface area contributed by atoms with E-state index in [1.807, 2.05) is 6.92 Å². The second-order valence-electron chi connectivity index (χ2n) is 5.27. The van der Waals surface area contributed by atoms with E-state index in [4.69, 9.17) is 4.74 Å². The first-order chi connectivity index (χ1) is 8.18.